The van der Waals surface area contributed by atoms with Gasteiger partial charge >= 0.3 is 6.03 Å². The largest absolute Gasteiger partial charge is 0.335 e. The number of carbonyl (C=O) groups is 1. The standard InChI is InChI=1S/C14H23N3OS/c1-3-12-4-5-13(19-12)10-15-14(18)16-11-6-8-17(2)9-7-11/h4-5,11H,3,6-10H2,1-2H3,(H2,15,16,18). The van der Waals surface area contributed by atoms with Gasteiger partial charge in [0.05, 0.1) is 6.54 Å². The first-order chi connectivity index (χ1) is 9.17. The van der Waals surface area contributed by atoms with Gasteiger partial charge in [-0.2, -0.15) is 0 Å². The molecule has 0 aromatic carbocycles. The summed E-state index contributed by atoms with van der Waals surface area (Å²) in [6.45, 7) is 4.91. The summed E-state index contributed by atoms with van der Waals surface area (Å²) in [5, 5.41) is 6.00. The van der Waals surface area contributed by atoms with E-state index in [9.17, 15) is 4.79 Å². The molecule has 19 heavy (non-hydrogen) atoms. The minimum atomic E-state index is -0.0407. The minimum absolute atomic E-state index is 0.0407. The second kappa shape index (κ2) is 6.91. The lowest BCUT2D eigenvalue weighted by Crippen LogP contribution is -2.46. The van der Waals surface area contributed by atoms with Crippen molar-refractivity contribution < 1.29 is 4.79 Å². The zero-order chi connectivity index (χ0) is 13.7. The maximum atomic E-state index is 11.8. The SMILES string of the molecule is CCc1ccc(CNC(=O)NC2CCN(C)CC2)s1. The number of thiophene rings is 1. The number of hydrogen-bond donors (Lipinski definition) is 2. The molecule has 1 fully saturated rings. The Morgan fingerprint density at radius 3 is 2.68 bits per heavy atom. The maximum absolute atomic E-state index is 11.8. The van der Waals surface area contributed by atoms with Crippen LogP contribution in [0.3, 0.4) is 0 Å². The second-order valence-corrected chi connectivity index (χ2v) is 6.38. The topological polar surface area (TPSA) is 44.4 Å². The van der Waals surface area contributed by atoms with Gasteiger partial charge in [-0.15, -0.1) is 11.3 Å². The zero-order valence-electron chi connectivity index (χ0n) is 11.7. The van der Waals surface area contributed by atoms with E-state index in [0.29, 0.717) is 12.6 Å². The van der Waals surface area contributed by atoms with Crippen LogP contribution < -0.4 is 10.6 Å². The molecule has 0 radical (unpaired) electrons. The fourth-order valence-electron chi connectivity index (χ4n) is 2.26. The third-order valence-electron chi connectivity index (χ3n) is 3.54. The number of piperidine rings is 1. The number of nitrogens with zero attached hydrogens (tertiary/aromatic N) is 1. The second-order valence-electron chi connectivity index (χ2n) is 5.13. The van der Waals surface area contributed by atoms with Gasteiger partial charge in [-0.3, -0.25) is 0 Å². The lowest BCUT2D eigenvalue weighted by molar-refractivity contribution is 0.213. The van der Waals surface area contributed by atoms with E-state index in [1.165, 1.54) is 9.75 Å². The van der Waals surface area contributed by atoms with Crippen molar-refractivity contribution in [1.82, 2.24) is 15.5 Å². The van der Waals surface area contributed by atoms with Gasteiger partial charge in [0.1, 0.15) is 0 Å². The van der Waals surface area contributed by atoms with Crippen LogP contribution in [-0.4, -0.2) is 37.1 Å². The predicted octanol–water partition coefficient (Wildman–Crippen LogP) is 2.20. The average molecular weight is 281 g/mol. The summed E-state index contributed by atoms with van der Waals surface area (Å²) in [6.07, 6.45) is 3.15. The highest BCUT2D eigenvalue weighted by atomic mass is 32.1. The molecule has 2 heterocycles. The molecule has 0 atom stereocenters. The third-order valence-corrected chi connectivity index (χ3v) is 4.77. The van der Waals surface area contributed by atoms with Crippen LogP contribution in [0.2, 0.25) is 0 Å². The summed E-state index contributed by atoms with van der Waals surface area (Å²) in [5.41, 5.74) is 0. The van der Waals surface area contributed by atoms with Gasteiger partial charge in [0.25, 0.3) is 0 Å². The van der Waals surface area contributed by atoms with E-state index >= 15 is 0 Å². The monoisotopic (exact) mass is 281 g/mol. The van der Waals surface area contributed by atoms with E-state index in [-0.39, 0.29) is 6.03 Å². The Kier molecular flexibility index (Phi) is 5.22. The summed E-state index contributed by atoms with van der Waals surface area (Å²) in [4.78, 5) is 16.7. The van der Waals surface area contributed by atoms with Crippen molar-refractivity contribution in [2.45, 2.75) is 38.8 Å². The lowest BCUT2D eigenvalue weighted by Gasteiger charge is -2.29. The lowest BCUT2D eigenvalue weighted by atomic mass is 10.1. The van der Waals surface area contributed by atoms with Crippen molar-refractivity contribution in [2.24, 2.45) is 0 Å². The average Bonchev–Trinajstić information content (AvgIpc) is 2.87. The molecule has 2 rings (SSSR count). The van der Waals surface area contributed by atoms with Crippen LogP contribution in [0, 0.1) is 0 Å². The molecule has 0 bridgehead atoms. The number of aryl methyl sites for hydroxylation is 1. The number of likely N-dealkylation sites (tertiary alicyclic amines) is 1. The molecule has 0 spiro atoms. The normalized spacial score (nSPS) is 17.4. The van der Waals surface area contributed by atoms with Crippen molar-refractivity contribution in [2.75, 3.05) is 20.1 Å². The van der Waals surface area contributed by atoms with E-state index in [1.54, 1.807) is 11.3 Å². The van der Waals surface area contributed by atoms with Crippen LogP contribution in [0.1, 0.15) is 29.5 Å². The molecule has 2 N–H and O–H groups in total. The molecule has 106 valence electrons. The Labute approximate surface area is 119 Å². The van der Waals surface area contributed by atoms with Crippen molar-refractivity contribution in [3.8, 4) is 0 Å². The van der Waals surface area contributed by atoms with Gasteiger partial charge in [0, 0.05) is 15.8 Å². The van der Waals surface area contributed by atoms with Crippen LogP contribution >= 0.6 is 11.3 Å². The Balaban J connectivity index is 1.69. The zero-order valence-corrected chi connectivity index (χ0v) is 12.6. The van der Waals surface area contributed by atoms with E-state index in [2.05, 4.69) is 41.6 Å². The Morgan fingerprint density at radius 2 is 2.05 bits per heavy atom. The summed E-state index contributed by atoms with van der Waals surface area (Å²) < 4.78 is 0. The summed E-state index contributed by atoms with van der Waals surface area (Å²) in [6, 6.07) is 4.52. The Bertz CT molecular complexity index is 411. The van der Waals surface area contributed by atoms with Crippen molar-refractivity contribution >= 4 is 17.4 Å². The smallest absolute Gasteiger partial charge is 0.315 e. The first-order valence-corrected chi connectivity index (χ1v) is 7.79. The van der Waals surface area contributed by atoms with Crippen LogP contribution in [0.25, 0.3) is 0 Å². The number of urea groups is 1. The van der Waals surface area contributed by atoms with Gasteiger partial charge in [-0.25, -0.2) is 4.79 Å². The van der Waals surface area contributed by atoms with Gasteiger partial charge in [0.15, 0.2) is 0 Å². The highest BCUT2D eigenvalue weighted by molar-refractivity contribution is 7.11. The molecule has 2 amide bonds. The Hall–Kier alpha value is -1.07. The molecule has 0 unspecified atom stereocenters. The van der Waals surface area contributed by atoms with Crippen molar-refractivity contribution in [1.29, 1.82) is 0 Å². The fraction of sp³-hybridized carbons (Fsp3) is 0.643. The third kappa shape index (κ3) is 4.51. The quantitative estimate of drug-likeness (QED) is 0.888. The molecule has 1 saturated heterocycles. The van der Waals surface area contributed by atoms with Crippen LogP contribution in [0.5, 0.6) is 0 Å². The molecule has 1 aromatic heterocycles. The Morgan fingerprint density at radius 1 is 1.37 bits per heavy atom. The number of rotatable bonds is 4. The minimum Gasteiger partial charge on any atom is -0.335 e. The number of hydrogen-bond acceptors (Lipinski definition) is 3. The van der Waals surface area contributed by atoms with E-state index < -0.39 is 0 Å². The molecule has 5 heteroatoms. The number of nitrogens with one attached hydrogen (secondary N) is 2. The van der Waals surface area contributed by atoms with E-state index in [4.69, 9.17) is 0 Å². The molecular formula is C14H23N3OS. The summed E-state index contributed by atoms with van der Waals surface area (Å²) in [7, 11) is 2.12. The van der Waals surface area contributed by atoms with E-state index in [1.807, 2.05) is 0 Å². The predicted molar refractivity (Wildman–Crippen MR) is 79.6 cm³/mol. The summed E-state index contributed by atoms with van der Waals surface area (Å²) in [5.74, 6) is 0. The fourth-order valence-corrected chi connectivity index (χ4v) is 3.16. The van der Waals surface area contributed by atoms with E-state index in [0.717, 1.165) is 32.4 Å². The molecule has 1 aliphatic heterocycles. The highest BCUT2D eigenvalue weighted by Gasteiger charge is 2.18. The summed E-state index contributed by atoms with van der Waals surface area (Å²) >= 11 is 1.77. The molecule has 4 nitrogen and oxygen atoms in total. The number of amides is 2. The molecule has 1 aromatic rings. The molecule has 0 aliphatic carbocycles. The molecule has 0 saturated carbocycles. The van der Waals surface area contributed by atoms with Crippen LogP contribution in [0.15, 0.2) is 12.1 Å². The van der Waals surface area contributed by atoms with Crippen molar-refractivity contribution in [3.63, 3.8) is 0 Å². The first-order valence-electron chi connectivity index (χ1n) is 6.98. The molecule has 1 aliphatic rings. The number of carbonyl (C=O) groups excluding carboxylic acids is 1. The maximum Gasteiger partial charge on any atom is 0.315 e. The van der Waals surface area contributed by atoms with Crippen molar-refractivity contribution in [3.05, 3.63) is 21.9 Å². The van der Waals surface area contributed by atoms with Gasteiger partial charge in [-0.05, 0) is 51.5 Å². The van der Waals surface area contributed by atoms with Gasteiger partial charge in [-0.1, -0.05) is 6.92 Å². The van der Waals surface area contributed by atoms with Gasteiger partial charge in [0.2, 0.25) is 0 Å². The highest BCUT2D eigenvalue weighted by Crippen LogP contribution is 2.16. The van der Waals surface area contributed by atoms with Crippen LogP contribution in [-0.2, 0) is 13.0 Å². The molecular weight excluding hydrogens is 258 g/mol. The first kappa shape index (κ1) is 14.3. The van der Waals surface area contributed by atoms with Gasteiger partial charge < -0.3 is 15.5 Å². The van der Waals surface area contributed by atoms with Crippen LogP contribution in [0.4, 0.5) is 4.79 Å².